The van der Waals surface area contributed by atoms with Gasteiger partial charge in [-0.2, -0.15) is 4.98 Å². The number of hydrogen-bond donors (Lipinski definition) is 3. The number of benzene rings is 1. The zero-order valence-electron chi connectivity index (χ0n) is 18.8. The molecular formula is C24H26N6O3. The average Bonchev–Trinajstić information content (AvgIpc) is 2.78. The third kappa shape index (κ3) is 7.87. The van der Waals surface area contributed by atoms with Crippen molar-refractivity contribution in [2.75, 3.05) is 11.9 Å². The van der Waals surface area contributed by atoms with Crippen molar-refractivity contribution in [2.24, 2.45) is 0 Å². The lowest BCUT2D eigenvalue weighted by atomic mass is 10.2. The summed E-state index contributed by atoms with van der Waals surface area (Å²) >= 11 is 0. The number of carbonyl (C=O) groups excluding carboxylic acids is 1. The normalized spacial score (nSPS) is 10.7. The predicted octanol–water partition coefficient (Wildman–Crippen LogP) is 3.44. The molecule has 0 saturated carbocycles. The van der Waals surface area contributed by atoms with E-state index in [-0.39, 0.29) is 6.61 Å². The zero-order chi connectivity index (χ0) is 23.7. The van der Waals surface area contributed by atoms with Gasteiger partial charge in [0.05, 0.1) is 6.61 Å². The molecule has 9 nitrogen and oxygen atoms in total. The lowest BCUT2D eigenvalue weighted by Gasteiger charge is -2.19. The maximum atomic E-state index is 11.6. The summed E-state index contributed by atoms with van der Waals surface area (Å²) in [4.78, 5) is 28.8. The molecule has 0 aliphatic rings. The number of nitrogens with one attached hydrogen (secondary N) is 2. The molecule has 0 unspecified atom stereocenters. The van der Waals surface area contributed by atoms with Crippen molar-refractivity contribution in [1.29, 1.82) is 0 Å². The maximum absolute atomic E-state index is 11.6. The number of aliphatic hydroxyl groups is 1. The quantitative estimate of drug-likeness (QED) is 0.389. The van der Waals surface area contributed by atoms with Crippen molar-refractivity contribution in [1.82, 2.24) is 25.3 Å². The number of nitrogens with zero attached hydrogens (tertiary/aromatic N) is 4. The smallest absolute Gasteiger partial charge is 0.407 e. The Balaban J connectivity index is 1.62. The highest BCUT2D eigenvalue weighted by Crippen LogP contribution is 2.18. The molecule has 0 spiro atoms. The van der Waals surface area contributed by atoms with Crippen LogP contribution in [0.15, 0.2) is 48.9 Å². The Morgan fingerprint density at radius 2 is 2.00 bits per heavy atom. The van der Waals surface area contributed by atoms with E-state index in [0.717, 1.165) is 16.8 Å². The van der Waals surface area contributed by atoms with Crippen LogP contribution in [0.3, 0.4) is 0 Å². The van der Waals surface area contributed by atoms with Crippen molar-refractivity contribution >= 4 is 17.7 Å². The molecule has 0 fully saturated rings. The Morgan fingerprint density at radius 1 is 1.15 bits per heavy atom. The van der Waals surface area contributed by atoms with E-state index in [0.29, 0.717) is 30.4 Å². The minimum Gasteiger partial charge on any atom is -0.444 e. The molecular weight excluding hydrogens is 420 g/mol. The lowest BCUT2D eigenvalue weighted by molar-refractivity contribution is 0.0529. The molecule has 33 heavy (non-hydrogen) atoms. The third-order valence-corrected chi connectivity index (χ3v) is 4.09. The van der Waals surface area contributed by atoms with Gasteiger partial charge in [-0.3, -0.25) is 0 Å². The summed E-state index contributed by atoms with van der Waals surface area (Å²) in [5, 5.41) is 15.1. The first-order valence-electron chi connectivity index (χ1n) is 10.4. The van der Waals surface area contributed by atoms with E-state index in [2.05, 4.69) is 42.4 Å². The average molecular weight is 447 g/mol. The van der Waals surface area contributed by atoms with Crippen LogP contribution in [0.25, 0.3) is 11.4 Å². The van der Waals surface area contributed by atoms with Crippen LogP contribution in [0.2, 0.25) is 0 Å². The van der Waals surface area contributed by atoms with Gasteiger partial charge in [-0.1, -0.05) is 18.1 Å². The van der Waals surface area contributed by atoms with Gasteiger partial charge in [-0.25, -0.2) is 19.7 Å². The second kappa shape index (κ2) is 11.0. The molecule has 2 aromatic heterocycles. The van der Waals surface area contributed by atoms with Gasteiger partial charge in [0.1, 0.15) is 17.6 Å². The van der Waals surface area contributed by atoms with Crippen molar-refractivity contribution in [3.63, 3.8) is 0 Å². The number of aliphatic hydroxyl groups excluding tert-OH is 1. The maximum Gasteiger partial charge on any atom is 0.407 e. The molecule has 2 heterocycles. The van der Waals surface area contributed by atoms with Gasteiger partial charge in [-0.15, -0.1) is 0 Å². The largest absolute Gasteiger partial charge is 0.444 e. The number of anilines is 2. The van der Waals surface area contributed by atoms with Crippen LogP contribution in [-0.2, 0) is 11.3 Å². The van der Waals surface area contributed by atoms with Crippen molar-refractivity contribution in [3.05, 3.63) is 60.2 Å². The molecule has 0 atom stereocenters. The Hall–Kier alpha value is -4.03. The molecule has 1 aromatic carbocycles. The van der Waals surface area contributed by atoms with Gasteiger partial charge < -0.3 is 20.5 Å². The first-order valence-corrected chi connectivity index (χ1v) is 10.4. The first-order chi connectivity index (χ1) is 15.8. The Labute approximate surface area is 192 Å². The van der Waals surface area contributed by atoms with Crippen molar-refractivity contribution in [2.45, 2.75) is 39.4 Å². The molecule has 0 saturated heterocycles. The molecule has 3 rings (SSSR count). The molecule has 9 heteroatoms. The summed E-state index contributed by atoms with van der Waals surface area (Å²) in [5.41, 5.74) is 2.33. The number of carbonyl (C=O) groups is 1. The number of alkyl carbamates (subject to hydrolysis) is 1. The number of pyridine rings is 1. The minimum absolute atomic E-state index is 0.0458. The highest BCUT2D eigenvalue weighted by molar-refractivity contribution is 5.67. The SMILES string of the molecule is CC(C)(C)OC(=O)NCCC#Cc1cc(-c2ncnc(Nc3cccc(CO)c3)n2)ccn1. The second-order valence-corrected chi connectivity index (χ2v) is 8.03. The van der Waals surface area contributed by atoms with E-state index in [1.807, 2.05) is 45.0 Å². The number of rotatable bonds is 6. The van der Waals surface area contributed by atoms with E-state index in [1.165, 1.54) is 6.33 Å². The molecule has 0 radical (unpaired) electrons. The van der Waals surface area contributed by atoms with Gasteiger partial charge in [0.2, 0.25) is 5.95 Å². The van der Waals surface area contributed by atoms with Crippen molar-refractivity contribution < 1.29 is 14.6 Å². The lowest BCUT2D eigenvalue weighted by Crippen LogP contribution is -2.32. The van der Waals surface area contributed by atoms with Gasteiger partial charge in [-0.05, 0) is 56.5 Å². The molecule has 3 aromatic rings. The Morgan fingerprint density at radius 3 is 2.79 bits per heavy atom. The number of ether oxygens (including phenoxy) is 1. The number of hydrogen-bond acceptors (Lipinski definition) is 8. The van der Waals surface area contributed by atoms with E-state index in [9.17, 15) is 9.90 Å². The van der Waals surface area contributed by atoms with Crippen LogP contribution in [0, 0.1) is 11.8 Å². The molecule has 3 N–H and O–H groups in total. The topological polar surface area (TPSA) is 122 Å². The van der Waals surface area contributed by atoms with E-state index in [4.69, 9.17) is 4.74 Å². The third-order valence-electron chi connectivity index (χ3n) is 4.09. The Kier molecular flexibility index (Phi) is 7.89. The van der Waals surface area contributed by atoms with Gasteiger partial charge in [0.25, 0.3) is 0 Å². The standard InChI is InChI=1S/C24H26N6O3/c1-24(2,3)33-23(32)26-11-5-4-8-19-14-18(10-12-25-19)21-27-16-28-22(30-21)29-20-9-6-7-17(13-20)15-31/h6-7,9-10,12-14,16,31H,5,11,15H2,1-3H3,(H,26,32)(H,27,28,29,30). The number of aromatic nitrogens is 4. The highest BCUT2D eigenvalue weighted by Gasteiger charge is 2.15. The van der Waals surface area contributed by atoms with Gasteiger partial charge in [0.15, 0.2) is 5.82 Å². The fourth-order valence-corrected chi connectivity index (χ4v) is 2.70. The summed E-state index contributed by atoms with van der Waals surface area (Å²) in [6.07, 6.45) is 3.05. The van der Waals surface area contributed by atoms with Crippen LogP contribution in [-0.4, -0.2) is 43.3 Å². The van der Waals surface area contributed by atoms with Gasteiger partial charge in [0, 0.05) is 30.4 Å². The van der Waals surface area contributed by atoms with Crippen LogP contribution in [0.1, 0.15) is 38.4 Å². The highest BCUT2D eigenvalue weighted by atomic mass is 16.6. The van der Waals surface area contributed by atoms with Gasteiger partial charge >= 0.3 is 6.09 Å². The Bertz CT molecular complexity index is 1160. The van der Waals surface area contributed by atoms with E-state index in [1.54, 1.807) is 18.3 Å². The van der Waals surface area contributed by atoms with E-state index >= 15 is 0 Å². The zero-order valence-corrected chi connectivity index (χ0v) is 18.8. The number of amides is 1. The second-order valence-electron chi connectivity index (χ2n) is 8.03. The predicted molar refractivity (Wildman–Crippen MR) is 124 cm³/mol. The first kappa shape index (κ1) is 23.6. The van der Waals surface area contributed by atoms with Crippen molar-refractivity contribution in [3.8, 4) is 23.2 Å². The van der Waals surface area contributed by atoms with Crippen LogP contribution < -0.4 is 10.6 Å². The summed E-state index contributed by atoms with van der Waals surface area (Å²) in [5.74, 6) is 6.82. The molecule has 0 aliphatic heterocycles. The molecule has 0 aliphatic carbocycles. The van der Waals surface area contributed by atoms with E-state index < -0.39 is 11.7 Å². The van der Waals surface area contributed by atoms with Crippen LogP contribution in [0.5, 0.6) is 0 Å². The summed E-state index contributed by atoms with van der Waals surface area (Å²) < 4.78 is 5.18. The summed E-state index contributed by atoms with van der Waals surface area (Å²) in [6, 6.07) is 10.9. The summed E-state index contributed by atoms with van der Waals surface area (Å²) in [6.45, 7) is 5.76. The molecule has 0 bridgehead atoms. The fraction of sp³-hybridized carbons (Fsp3) is 0.292. The summed E-state index contributed by atoms with van der Waals surface area (Å²) in [7, 11) is 0. The minimum atomic E-state index is -0.534. The molecule has 170 valence electrons. The monoisotopic (exact) mass is 446 g/mol. The van der Waals surface area contributed by atoms with Crippen LogP contribution >= 0.6 is 0 Å². The molecule has 1 amide bonds. The fourth-order valence-electron chi connectivity index (χ4n) is 2.70. The van der Waals surface area contributed by atoms with Crippen LogP contribution in [0.4, 0.5) is 16.4 Å².